The lowest BCUT2D eigenvalue weighted by Gasteiger charge is -2.11. The van der Waals surface area contributed by atoms with Gasteiger partial charge in [-0.1, -0.05) is 26.7 Å². The molecule has 0 amide bonds. The molecule has 0 aliphatic rings. The van der Waals surface area contributed by atoms with Gasteiger partial charge in [0.1, 0.15) is 5.75 Å². The predicted molar refractivity (Wildman–Crippen MR) is 73.2 cm³/mol. The summed E-state index contributed by atoms with van der Waals surface area (Å²) in [7, 11) is 0. The lowest BCUT2D eigenvalue weighted by molar-refractivity contribution is -0.727. The monoisotopic (exact) mass is 281 g/mol. The Bertz CT molecular complexity index is 473. The molecule has 0 bridgehead atoms. The zero-order valence-electron chi connectivity index (χ0n) is 11.8. The highest BCUT2D eigenvalue weighted by Crippen LogP contribution is 2.21. The minimum absolute atomic E-state index is 0.152. The first-order valence-corrected chi connectivity index (χ1v) is 6.70. The van der Waals surface area contributed by atoms with Crippen molar-refractivity contribution in [1.82, 2.24) is 0 Å². The standard InChI is InChI=1S/C14H19NO5/c1-3-5-6-9-19-13-8-7-12(10-11(13)4-2)14(16)20-15(17)18/h7-8,10H,3-6,9H2,1-2H3. The van der Waals surface area contributed by atoms with Crippen LogP contribution in [0.5, 0.6) is 5.75 Å². The average Bonchev–Trinajstić information content (AvgIpc) is 2.42. The van der Waals surface area contributed by atoms with E-state index in [0.29, 0.717) is 18.8 Å². The quantitative estimate of drug-likeness (QED) is 0.415. The summed E-state index contributed by atoms with van der Waals surface area (Å²) in [6.45, 7) is 4.67. The molecule has 0 radical (unpaired) electrons. The van der Waals surface area contributed by atoms with E-state index in [1.54, 1.807) is 12.1 Å². The Morgan fingerprint density at radius 1 is 1.30 bits per heavy atom. The third kappa shape index (κ3) is 4.87. The van der Waals surface area contributed by atoms with Crippen LogP contribution in [-0.4, -0.2) is 17.7 Å². The van der Waals surface area contributed by atoms with Crippen molar-refractivity contribution in [2.45, 2.75) is 39.5 Å². The second-order valence-corrected chi connectivity index (χ2v) is 4.33. The summed E-state index contributed by atoms with van der Waals surface area (Å²) in [5.74, 6) is -0.261. The van der Waals surface area contributed by atoms with Gasteiger partial charge in [-0.2, -0.15) is 0 Å². The maximum atomic E-state index is 11.4. The molecule has 0 aromatic heterocycles. The van der Waals surface area contributed by atoms with Crippen molar-refractivity contribution in [2.75, 3.05) is 6.61 Å². The van der Waals surface area contributed by atoms with Crippen LogP contribution in [0.15, 0.2) is 18.2 Å². The van der Waals surface area contributed by atoms with Crippen molar-refractivity contribution < 1.29 is 19.5 Å². The second-order valence-electron chi connectivity index (χ2n) is 4.33. The van der Waals surface area contributed by atoms with Crippen LogP contribution in [-0.2, 0) is 11.3 Å². The van der Waals surface area contributed by atoms with Gasteiger partial charge in [0.15, 0.2) is 0 Å². The summed E-state index contributed by atoms with van der Waals surface area (Å²) in [5, 5.41) is 9.04. The fourth-order valence-electron chi connectivity index (χ4n) is 1.78. The Kier molecular flexibility index (Phi) is 6.49. The molecule has 0 aliphatic carbocycles. The summed E-state index contributed by atoms with van der Waals surface area (Å²) >= 11 is 0. The highest BCUT2D eigenvalue weighted by molar-refractivity contribution is 5.89. The van der Waals surface area contributed by atoms with Crippen LogP contribution in [0.2, 0.25) is 0 Å². The molecular weight excluding hydrogens is 262 g/mol. The van der Waals surface area contributed by atoms with Gasteiger partial charge in [0, 0.05) is 5.56 Å². The SMILES string of the molecule is CCCCCOc1ccc(C(=O)O[N+](=O)[O-])cc1CC. The number of benzene rings is 1. The van der Waals surface area contributed by atoms with Gasteiger partial charge < -0.3 is 4.74 Å². The van der Waals surface area contributed by atoms with Gasteiger partial charge in [0.05, 0.1) is 6.61 Å². The van der Waals surface area contributed by atoms with Crippen LogP contribution < -0.4 is 4.74 Å². The molecule has 0 fully saturated rings. The molecule has 0 saturated carbocycles. The lowest BCUT2D eigenvalue weighted by Crippen LogP contribution is -2.11. The average molecular weight is 281 g/mol. The van der Waals surface area contributed by atoms with E-state index in [2.05, 4.69) is 11.8 Å². The fourth-order valence-corrected chi connectivity index (χ4v) is 1.78. The number of carbonyl (C=O) groups is 1. The van der Waals surface area contributed by atoms with E-state index in [1.807, 2.05) is 6.92 Å². The molecule has 6 heteroatoms. The molecule has 1 aromatic rings. The van der Waals surface area contributed by atoms with Gasteiger partial charge in [-0.3, -0.25) is 4.79 Å². The maximum absolute atomic E-state index is 11.4. The first-order valence-electron chi connectivity index (χ1n) is 6.70. The second kappa shape index (κ2) is 8.14. The van der Waals surface area contributed by atoms with E-state index in [0.717, 1.165) is 24.8 Å². The Morgan fingerprint density at radius 2 is 2.05 bits per heavy atom. The normalized spacial score (nSPS) is 10.1. The van der Waals surface area contributed by atoms with Crippen molar-refractivity contribution in [2.24, 2.45) is 0 Å². The molecule has 1 rings (SSSR count). The van der Waals surface area contributed by atoms with Gasteiger partial charge in [0.2, 0.25) is 0 Å². The van der Waals surface area contributed by atoms with E-state index < -0.39 is 11.1 Å². The van der Waals surface area contributed by atoms with Crippen molar-refractivity contribution in [1.29, 1.82) is 0 Å². The smallest absolute Gasteiger partial charge is 0.334 e. The molecule has 0 spiro atoms. The van der Waals surface area contributed by atoms with Crippen molar-refractivity contribution in [3.8, 4) is 5.75 Å². The summed E-state index contributed by atoms with van der Waals surface area (Å²) in [6.07, 6.45) is 3.87. The third-order valence-corrected chi connectivity index (χ3v) is 2.84. The van der Waals surface area contributed by atoms with Crippen LogP contribution in [0.4, 0.5) is 0 Å². The van der Waals surface area contributed by atoms with Crippen LogP contribution in [0.3, 0.4) is 0 Å². The summed E-state index contributed by atoms with van der Waals surface area (Å²) in [6, 6.07) is 4.70. The molecule has 0 unspecified atom stereocenters. The number of hydrogen-bond acceptors (Lipinski definition) is 5. The van der Waals surface area contributed by atoms with Crippen LogP contribution in [0.1, 0.15) is 49.0 Å². The van der Waals surface area contributed by atoms with Crippen LogP contribution in [0, 0.1) is 10.1 Å². The molecule has 0 saturated heterocycles. The molecule has 110 valence electrons. The summed E-state index contributed by atoms with van der Waals surface area (Å²) in [4.78, 5) is 25.5. The summed E-state index contributed by atoms with van der Waals surface area (Å²) < 4.78 is 5.66. The first-order chi connectivity index (χ1) is 9.58. The minimum atomic E-state index is -1.11. The highest BCUT2D eigenvalue weighted by atomic mass is 17.0. The Hall–Kier alpha value is -2.11. The van der Waals surface area contributed by atoms with Gasteiger partial charge in [-0.25, -0.2) is 4.84 Å². The van der Waals surface area contributed by atoms with E-state index >= 15 is 0 Å². The van der Waals surface area contributed by atoms with Gasteiger partial charge in [-0.05, 0) is 36.6 Å². The van der Waals surface area contributed by atoms with E-state index in [1.165, 1.54) is 6.07 Å². The first kappa shape index (κ1) is 15.9. The van der Waals surface area contributed by atoms with E-state index in [-0.39, 0.29) is 5.56 Å². The number of unbranched alkanes of at least 4 members (excludes halogenated alkanes) is 2. The molecule has 0 atom stereocenters. The van der Waals surface area contributed by atoms with Crippen LogP contribution in [0.25, 0.3) is 0 Å². The van der Waals surface area contributed by atoms with Crippen molar-refractivity contribution >= 4 is 5.97 Å². The zero-order valence-corrected chi connectivity index (χ0v) is 11.8. The molecule has 6 nitrogen and oxygen atoms in total. The Labute approximate surface area is 117 Å². The van der Waals surface area contributed by atoms with Crippen LogP contribution >= 0.6 is 0 Å². The Balaban J connectivity index is 2.74. The van der Waals surface area contributed by atoms with Crippen molar-refractivity contribution in [3.63, 3.8) is 0 Å². The maximum Gasteiger partial charge on any atom is 0.334 e. The lowest BCUT2D eigenvalue weighted by atomic mass is 10.1. The van der Waals surface area contributed by atoms with Gasteiger partial charge in [-0.15, -0.1) is 10.1 Å². The number of carbonyl (C=O) groups excluding carboxylic acids is 1. The molecule has 0 heterocycles. The largest absolute Gasteiger partial charge is 0.493 e. The fraction of sp³-hybridized carbons (Fsp3) is 0.500. The number of aryl methyl sites for hydroxylation is 1. The molecule has 1 aromatic carbocycles. The van der Waals surface area contributed by atoms with Gasteiger partial charge in [0.25, 0.3) is 0 Å². The summed E-state index contributed by atoms with van der Waals surface area (Å²) in [5.41, 5.74) is 0.985. The molecule has 20 heavy (non-hydrogen) atoms. The number of nitrogens with zero attached hydrogens (tertiary/aromatic N) is 1. The number of ether oxygens (including phenoxy) is 1. The third-order valence-electron chi connectivity index (χ3n) is 2.84. The predicted octanol–water partition coefficient (Wildman–Crippen LogP) is 3.17. The number of hydrogen-bond donors (Lipinski definition) is 0. The Morgan fingerprint density at radius 3 is 2.65 bits per heavy atom. The molecule has 0 aliphatic heterocycles. The topological polar surface area (TPSA) is 78.7 Å². The van der Waals surface area contributed by atoms with Crippen molar-refractivity contribution in [3.05, 3.63) is 39.4 Å². The zero-order chi connectivity index (χ0) is 15.0. The number of rotatable bonds is 8. The minimum Gasteiger partial charge on any atom is -0.493 e. The molecule has 0 N–H and O–H groups in total. The van der Waals surface area contributed by atoms with Gasteiger partial charge >= 0.3 is 11.1 Å². The molecular formula is C14H19NO5. The van der Waals surface area contributed by atoms with E-state index in [9.17, 15) is 14.9 Å². The van der Waals surface area contributed by atoms with E-state index in [4.69, 9.17) is 4.74 Å². The highest BCUT2D eigenvalue weighted by Gasteiger charge is 2.13.